The van der Waals surface area contributed by atoms with Crippen molar-refractivity contribution in [3.8, 4) is 0 Å². The van der Waals surface area contributed by atoms with E-state index < -0.39 is 0 Å². The summed E-state index contributed by atoms with van der Waals surface area (Å²) >= 11 is 0. The first-order valence-electron chi connectivity index (χ1n) is 5.62. The van der Waals surface area contributed by atoms with Gasteiger partial charge in [0.2, 0.25) is 0 Å². The van der Waals surface area contributed by atoms with E-state index in [1.165, 1.54) is 5.06 Å². The summed E-state index contributed by atoms with van der Waals surface area (Å²) in [5.74, 6) is -0.122. The van der Waals surface area contributed by atoms with Crippen LogP contribution in [0.1, 0.15) is 17.3 Å². The average molecular weight is 229 g/mol. The van der Waals surface area contributed by atoms with Crippen LogP contribution in [0, 0.1) is 0 Å². The van der Waals surface area contributed by atoms with Crippen molar-refractivity contribution in [2.24, 2.45) is 0 Å². The number of hydrogen-bond donors (Lipinski definition) is 0. The third-order valence-corrected chi connectivity index (χ3v) is 2.63. The molecule has 17 heavy (non-hydrogen) atoms. The van der Waals surface area contributed by atoms with Crippen LogP contribution in [0.3, 0.4) is 0 Å². The van der Waals surface area contributed by atoms with Gasteiger partial charge in [0.25, 0.3) is 5.91 Å². The van der Waals surface area contributed by atoms with Gasteiger partial charge in [0, 0.05) is 12.6 Å². The van der Waals surface area contributed by atoms with Crippen molar-refractivity contribution in [3.05, 3.63) is 48.0 Å². The molecule has 2 aromatic carbocycles. The van der Waals surface area contributed by atoms with E-state index in [-0.39, 0.29) is 5.91 Å². The van der Waals surface area contributed by atoms with Crippen LogP contribution >= 0.6 is 0 Å². The van der Waals surface area contributed by atoms with E-state index in [0.717, 1.165) is 10.8 Å². The Labute approximate surface area is 101 Å². The molecule has 0 atom stereocenters. The van der Waals surface area contributed by atoms with Crippen molar-refractivity contribution in [2.75, 3.05) is 13.7 Å². The minimum absolute atomic E-state index is 0.122. The Morgan fingerprint density at radius 3 is 2.65 bits per heavy atom. The predicted molar refractivity (Wildman–Crippen MR) is 67.7 cm³/mol. The molecule has 0 N–H and O–H groups in total. The smallest absolute Gasteiger partial charge is 0.271 e. The van der Waals surface area contributed by atoms with Gasteiger partial charge < -0.3 is 0 Å². The molecule has 2 rings (SSSR count). The summed E-state index contributed by atoms with van der Waals surface area (Å²) in [6, 6.07) is 13.5. The monoisotopic (exact) mass is 229 g/mol. The molecule has 3 heteroatoms. The third kappa shape index (κ3) is 2.29. The molecule has 1 amide bonds. The number of carbonyl (C=O) groups excluding carboxylic acids is 1. The Bertz CT molecular complexity index is 531. The van der Waals surface area contributed by atoms with Gasteiger partial charge in [-0.25, -0.2) is 5.06 Å². The predicted octanol–water partition coefficient (Wildman–Crippen LogP) is 2.86. The molecule has 2 aromatic rings. The fraction of sp³-hybridized carbons (Fsp3) is 0.214. The maximum absolute atomic E-state index is 12.1. The molecule has 0 saturated heterocycles. The van der Waals surface area contributed by atoms with Gasteiger partial charge >= 0.3 is 0 Å². The van der Waals surface area contributed by atoms with Crippen molar-refractivity contribution >= 4 is 16.7 Å². The Morgan fingerprint density at radius 1 is 1.18 bits per heavy atom. The van der Waals surface area contributed by atoms with Crippen LogP contribution in [0.4, 0.5) is 0 Å². The highest BCUT2D eigenvalue weighted by Gasteiger charge is 2.14. The summed E-state index contributed by atoms with van der Waals surface area (Å²) in [7, 11) is 1.63. The molecule has 0 saturated carbocycles. The normalized spacial score (nSPS) is 10.5. The number of hydrogen-bond acceptors (Lipinski definition) is 2. The Morgan fingerprint density at radius 2 is 1.88 bits per heavy atom. The van der Waals surface area contributed by atoms with Gasteiger partial charge in [-0.3, -0.25) is 9.63 Å². The van der Waals surface area contributed by atoms with Crippen LogP contribution in [-0.4, -0.2) is 24.6 Å². The summed E-state index contributed by atoms with van der Waals surface area (Å²) < 4.78 is 0. The highest BCUT2D eigenvalue weighted by molar-refractivity contribution is 6.06. The summed E-state index contributed by atoms with van der Waals surface area (Å²) in [4.78, 5) is 17.3. The number of hydroxylamine groups is 2. The van der Waals surface area contributed by atoms with Crippen molar-refractivity contribution in [1.82, 2.24) is 5.06 Å². The first kappa shape index (κ1) is 11.6. The molecule has 0 heterocycles. The lowest BCUT2D eigenvalue weighted by Crippen LogP contribution is -2.27. The molecule has 0 aliphatic carbocycles. The first-order valence-corrected chi connectivity index (χ1v) is 5.62. The van der Waals surface area contributed by atoms with E-state index in [4.69, 9.17) is 4.84 Å². The summed E-state index contributed by atoms with van der Waals surface area (Å²) in [6.45, 7) is 2.33. The highest BCUT2D eigenvalue weighted by atomic mass is 16.7. The maximum Gasteiger partial charge on any atom is 0.277 e. The maximum atomic E-state index is 12.1. The van der Waals surface area contributed by atoms with Crippen molar-refractivity contribution in [2.45, 2.75) is 6.92 Å². The zero-order valence-electron chi connectivity index (χ0n) is 10.0. The second-order valence-corrected chi connectivity index (χ2v) is 3.75. The van der Waals surface area contributed by atoms with Crippen LogP contribution in [0.15, 0.2) is 42.5 Å². The molecule has 0 spiro atoms. The Hall–Kier alpha value is -1.87. The van der Waals surface area contributed by atoms with Gasteiger partial charge in [-0.2, -0.15) is 0 Å². The average Bonchev–Trinajstić information content (AvgIpc) is 2.37. The molecule has 88 valence electrons. The second-order valence-electron chi connectivity index (χ2n) is 3.75. The third-order valence-electron chi connectivity index (χ3n) is 2.63. The molecule has 0 aromatic heterocycles. The largest absolute Gasteiger partial charge is 0.277 e. The van der Waals surface area contributed by atoms with Crippen LogP contribution in [0.2, 0.25) is 0 Å². The fourth-order valence-corrected chi connectivity index (χ4v) is 1.83. The van der Waals surface area contributed by atoms with E-state index >= 15 is 0 Å². The minimum Gasteiger partial charge on any atom is -0.271 e. The number of rotatable bonds is 3. The Kier molecular flexibility index (Phi) is 3.40. The van der Waals surface area contributed by atoms with Crippen molar-refractivity contribution < 1.29 is 9.63 Å². The van der Waals surface area contributed by atoms with Gasteiger partial charge in [-0.1, -0.05) is 36.4 Å². The van der Waals surface area contributed by atoms with Crippen molar-refractivity contribution in [1.29, 1.82) is 0 Å². The highest BCUT2D eigenvalue weighted by Crippen LogP contribution is 2.19. The van der Waals surface area contributed by atoms with Gasteiger partial charge in [-0.15, -0.1) is 0 Å². The number of benzene rings is 2. The lowest BCUT2D eigenvalue weighted by atomic mass is 10.0. The van der Waals surface area contributed by atoms with Crippen LogP contribution in [0.25, 0.3) is 10.8 Å². The van der Waals surface area contributed by atoms with E-state index in [1.54, 1.807) is 7.05 Å². The molecule has 3 nitrogen and oxygen atoms in total. The quantitative estimate of drug-likeness (QED) is 0.757. The van der Waals surface area contributed by atoms with Gasteiger partial charge in [-0.05, 0) is 23.8 Å². The first-order chi connectivity index (χ1) is 8.24. The molecule has 0 unspecified atom stereocenters. The standard InChI is InChI=1S/C14H15NO2/c1-3-17-15(2)14(16)13-10-6-8-11-7-4-5-9-12(11)13/h4-10H,3H2,1-2H3. The molecule has 0 aliphatic rings. The SMILES string of the molecule is CCON(C)C(=O)c1cccc2ccccc12. The number of carbonyl (C=O) groups is 1. The van der Waals surface area contributed by atoms with Gasteiger partial charge in [0.1, 0.15) is 0 Å². The van der Waals surface area contributed by atoms with E-state index in [1.807, 2.05) is 49.4 Å². The molecule has 0 bridgehead atoms. The van der Waals surface area contributed by atoms with Crippen LogP contribution in [-0.2, 0) is 4.84 Å². The number of amides is 1. The minimum atomic E-state index is -0.122. The molecular formula is C14H15NO2. The van der Waals surface area contributed by atoms with Gasteiger partial charge in [0.15, 0.2) is 0 Å². The zero-order chi connectivity index (χ0) is 12.3. The van der Waals surface area contributed by atoms with Crippen LogP contribution in [0.5, 0.6) is 0 Å². The Balaban J connectivity index is 2.45. The lowest BCUT2D eigenvalue weighted by Gasteiger charge is -2.16. The topological polar surface area (TPSA) is 29.5 Å². The second kappa shape index (κ2) is 4.97. The van der Waals surface area contributed by atoms with E-state index in [2.05, 4.69) is 0 Å². The summed E-state index contributed by atoms with van der Waals surface area (Å²) in [5, 5.41) is 3.29. The van der Waals surface area contributed by atoms with Gasteiger partial charge in [0.05, 0.1) is 6.61 Å². The molecule has 0 fully saturated rings. The van der Waals surface area contributed by atoms with Crippen LogP contribution < -0.4 is 0 Å². The molecule has 0 aliphatic heterocycles. The summed E-state index contributed by atoms with van der Waals surface area (Å²) in [5.41, 5.74) is 0.666. The number of fused-ring (bicyclic) bond motifs is 1. The van der Waals surface area contributed by atoms with Crippen molar-refractivity contribution in [3.63, 3.8) is 0 Å². The molecule has 0 radical (unpaired) electrons. The van der Waals surface area contributed by atoms with E-state index in [9.17, 15) is 4.79 Å². The van der Waals surface area contributed by atoms with E-state index in [0.29, 0.717) is 12.2 Å². The molecular weight excluding hydrogens is 214 g/mol. The fourth-order valence-electron chi connectivity index (χ4n) is 1.83. The number of nitrogens with zero attached hydrogens (tertiary/aromatic N) is 1. The lowest BCUT2D eigenvalue weighted by molar-refractivity contribution is -0.0999. The zero-order valence-corrected chi connectivity index (χ0v) is 10.0. The summed E-state index contributed by atoms with van der Waals surface area (Å²) in [6.07, 6.45) is 0.